The zero-order valence-electron chi connectivity index (χ0n) is 13.2. The van der Waals surface area contributed by atoms with Gasteiger partial charge in [0.15, 0.2) is 0 Å². The Labute approximate surface area is 126 Å². The van der Waals surface area contributed by atoms with Crippen LogP contribution in [-0.4, -0.2) is 25.2 Å². The number of hydrogen-bond donors (Lipinski definition) is 0. The lowest BCUT2D eigenvalue weighted by Gasteiger charge is -2.41. The van der Waals surface area contributed by atoms with Crippen molar-refractivity contribution < 1.29 is 9.53 Å². The summed E-state index contributed by atoms with van der Waals surface area (Å²) in [6, 6.07) is 6.16. The molecule has 0 saturated heterocycles. The lowest BCUT2D eigenvalue weighted by Crippen LogP contribution is -2.44. The normalized spacial score (nSPS) is 17.0. The average Bonchev–Trinajstić information content (AvgIpc) is 2.48. The summed E-state index contributed by atoms with van der Waals surface area (Å²) in [4.78, 5) is 14.0. The second-order valence-electron chi connectivity index (χ2n) is 5.95. The molecule has 112 valence electrons. The fourth-order valence-corrected chi connectivity index (χ4v) is 2.69. The molecule has 0 aliphatic carbocycles. The average molecular weight is 285 g/mol. The first-order chi connectivity index (χ1) is 9.90. The number of carbonyl (C=O) groups is 1. The Balaban J connectivity index is 2.42. The topological polar surface area (TPSA) is 29.5 Å². The first-order valence-corrected chi connectivity index (χ1v) is 7.20. The van der Waals surface area contributed by atoms with Crippen LogP contribution in [0, 0.1) is 0 Å². The highest BCUT2D eigenvalue weighted by atomic mass is 16.5. The highest BCUT2D eigenvalue weighted by molar-refractivity contribution is 5.80. The van der Waals surface area contributed by atoms with Crippen molar-refractivity contribution in [1.82, 2.24) is 0 Å². The molecule has 0 bridgehead atoms. The first kappa shape index (κ1) is 15.4. The van der Waals surface area contributed by atoms with Gasteiger partial charge in [0.2, 0.25) is 0 Å². The quantitative estimate of drug-likeness (QED) is 0.623. The predicted molar refractivity (Wildman–Crippen MR) is 87.5 cm³/mol. The third kappa shape index (κ3) is 2.87. The van der Waals surface area contributed by atoms with E-state index in [9.17, 15) is 4.79 Å². The van der Waals surface area contributed by atoms with Crippen molar-refractivity contribution in [3.8, 4) is 0 Å². The number of rotatable bonds is 4. The van der Waals surface area contributed by atoms with Gasteiger partial charge in [0.25, 0.3) is 0 Å². The number of nitrogens with zero attached hydrogens (tertiary/aromatic N) is 1. The molecular weight excluding hydrogens is 262 g/mol. The number of carbonyl (C=O) groups excluding carboxylic acids is 1. The Hall–Kier alpha value is -2.03. The number of fused-ring (bicyclic) bond motifs is 1. The number of benzene rings is 1. The molecule has 1 aliphatic heterocycles. The van der Waals surface area contributed by atoms with Crippen molar-refractivity contribution in [3.63, 3.8) is 0 Å². The van der Waals surface area contributed by atoms with Crippen LogP contribution in [0.4, 0.5) is 5.69 Å². The van der Waals surface area contributed by atoms with E-state index in [0.29, 0.717) is 0 Å². The van der Waals surface area contributed by atoms with Crippen molar-refractivity contribution in [3.05, 3.63) is 48.1 Å². The zero-order valence-corrected chi connectivity index (χ0v) is 13.2. The molecule has 0 saturated carbocycles. The molecule has 0 amide bonds. The molecule has 3 nitrogen and oxygen atoms in total. The lowest BCUT2D eigenvalue weighted by molar-refractivity contribution is -0.141. The van der Waals surface area contributed by atoms with Crippen LogP contribution in [0.25, 0.3) is 6.08 Å². The van der Waals surface area contributed by atoms with Crippen LogP contribution >= 0.6 is 0 Å². The van der Waals surface area contributed by atoms with E-state index in [4.69, 9.17) is 4.74 Å². The van der Waals surface area contributed by atoms with Gasteiger partial charge in [-0.25, -0.2) is 0 Å². The van der Waals surface area contributed by atoms with Gasteiger partial charge in [-0.05, 0) is 44.0 Å². The lowest BCUT2D eigenvalue weighted by atomic mass is 9.90. The third-order valence-electron chi connectivity index (χ3n) is 4.08. The smallest absolute Gasteiger partial charge is 0.312 e. The molecule has 1 aromatic rings. The Morgan fingerprint density at radius 1 is 1.48 bits per heavy atom. The summed E-state index contributed by atoms with van der Waals surface area (Å²) < 4.78 is 4.82. The molecule has 0 fully saturated rings. The van der Waals surface area contributed by atoms with Crippen molar-refractivity contribution in [1.29, 1.82) is 0 Å². The van der Waals surface area contributed by atoms with E-state index in [1.54, 1.807) is 0 Å². The molecule has 2 rings (SSSR count). The molecule has 0 aromatic heterocycles. The first-order valence-electron chi connectivity index (χ1n) is 7.20. The minimum atomic E-state index is -0.253. The van der Waals surface area contributed by atoms with Crippen molar-refractivity contribution in [2.45, 2.75) is 32.2 Å². The summed E-state index contributed by atoms with van der Waals surface area (Å²) in [5.41, 5.74) is 3.23. The van der Waals surface area contributed by atoms with Crippen LogP contribution in [0.1, 0.15) is 37.8 Å². The van der Waals surface area contributed by atoms with E-state index in [2.05, 4.69) is 49.6 Å². The monoisotopic (exact) mass is 285 g/mol. The summed E-state index contributed by atoms with van der Waals surface area (Å²) in [7, 11) is 1.42. The molecule has 1 unspecified atom stereocenters. The van der Waals surface area contributed by atoms with Crippen LogP contribution in [-0.2, 0) is 9.53 Å². The molecule has 3 heteroatoms. The van der Waals surface area contributed by atoms with Crippen molar-refractivity contribution in [2.75, 3.05) is 18.6 Å². The van der Waals surface area contributed by atoms with E-state index in [0.717, 1.165) is 17.7 Å². The van der Waals surface area contributed by atoms with E-state index in [-0.39, 0.29) is 17.4 Å². The van der Waals surface area contributed by atoms with Gasteiger partial charge in [0, 0.05) is 12.2 Å². The van der Waals surface area contributed by atoms with Gasteiger partial charge in [-0.3, -0.25) is 4.79 Å². The molecule has 21 heavy (non-hydrogen) atoms. The Morgan fingerprint density at radius 3 is 2.81 bits per heavy atom. The van der Waals surface area contributed by atoms with E-state index in [1.807, 2.05) is 19.1 Å². The fraction of sp³-hybridized carbons (Fsp3) is 0.389. The van der Waals surface area contributed by atoms with Gasteiger partial charge < -0.3 is 9.64 Å². The highest BCUT2D eigenvalue weighted by Crippen LogP contribution is 2.36. The maximum absolute atomic E-state index is 11.7. The van der Waals surface area contributed by atoms with Crippen molar-refractivity contribution in [2.24, 2.45) is 0 Å². The third-order valence-corrected chi connectivity index (χ3v) is 4.08. The van der Waals surface area contributed by atoms with Crippen LogP contribution in [0.5, 0.6) is 0 Å². The van der Waals surface area contributed by atoms with Crippen LogP contribution < -0.4 is 4.90 Å². The summed E-state index contributed by atoms with van der Waals surface area (Å²) in [6.45, 7) is 10.9. The van der Waals surface area contributed by atoms with Gasteiger partial charge in [0.1, 0.15) is 0 Å². The number of hydrogen-bond acceptors (Lipinski definition) is 3. The Bertz CT molecular complexity index is 587. The second kappa shape index (κ2) is 5.76. The number of ether oxygens (including phenoxy) is 1. The molecule has 1 atom stereocenters. The Kier molecular flexibility index (Phi) is 4.21. The van der Waals surface area contributed by atoms with E-state index >= 15 is 0 Å². The maximum Gasteiger partial charge on any atom is 0.312 e. The fourth-order valence-electron chi connectivity index (χ4n) is 2.69. The van der Waals surface area contributed by atoms with Crippen molar-refractivity contribution >= 4 is 17.7 Å². The standard InChI is InChI=1S/C18H23NO2/c1-6-11-19-16-8-7-14(13(2)17(20)21-5)12-15(16)9-10-18(19,3)4/h6-10,12-13H,1,11H2,2-5H3. The van der Waals surface area contributed by atoms with Crippen LogP contribution in [0.2, 0.25) is 0 Å². The highest BCUT2D eigenvalue weighted by Gasteiger charge is 2.28. The summed E-state index contributed by atoms with van der Waals surface area (Å²) >= 11 is 0. The molecule has 0 spiro atoms. The number of esters is 1. The van der Waals surface area contributed by atoms with E-state index in [1.165, 1.54) is 12.8 Å². The van der Waals surface area contributed by atoms with Gasteiger partial charge >= 0.3 is 5.97 Å². The minimum absolute atomic E-state index is 0.0450. The summed E-state index contributed by atoms with van der Waals surface area (Å²) in [6.07, 6.45) is 6.23. The zero-order chi connectivity index (χ0) is 15.6. The predicted octanol–water partition coefficient (Wildman–Crippen LogP) is 3.76. The molecule has 0 N–H and O–H groups in total. The van der Waals surface area contributed by atoms with Gasteiger partial charge in [0.05, 0.1) is 18.6 Å². The number of methoxy groups -OCH3 is 1. The number of anilines is 1. The van der Waals surface area contributed by atoms with Crippen LogP contribution in [0.15, 0.2) is 36.9 Å². The second-order valence-corrected chi connectivity index (χ2v) is 5.95. The maximum atomic E-state index is 11.7. The minimum Gasteiger partial charge on any atom is -0.469 e. The van der Waals surface area contributed by atoms with Gasteiger partial charge in [-0.15, -0.1) is 6.58 Å². The molecule has 0 radical (unpaired) electrons. The summed E-state index contributed by atoms with van der Waals surface area (Å²) in [5, 5.41) is 0. The van der Waals surface area contributed by atoms with Gasteiger partial charge in [-0.1, -0.05) is 24.3 Å². The molecular formula is C18H23NO2. The van der Waals surface area contributed by atoms with Gasteiger partial charge in [-0.2, -0.15) is 0 Å². The molecule has 1 heterocycles. The largest absolute Gasteiger partial charge is 0.469 e. The molecule has 1 aliphatic rings. The molecule has 1 aromatic carbocycles. The van der Waals surface area contributed by atoms with E-state index < -0.39 is 0 Å². The summed E-state index contributed by atoms with van der Waals surface area (Å²) in [5.74, 6) is -0.463. The SMILES string of the molecule is C=CCN1c2ccc(C(C)C(=O)OC)cc2C=CC1(C)C. The Morgan fingerprint density at radius 2 is 2.19 bits per heavy atom. The van der Waals surface area contributed by atoms with Crippen LogP contribution in [0.3, 0.4) is 0 Å².